The van der Waals surface area contributed by atoms with Crippen molar-refractivity contribution in [1.82, 2.24) is 0 Å². The fourth-order valence-electron chi connectivity index (χ4n) is 6.75. The predicted octanol–water partition coefficient (Wildman–Crippen LogP) is 3.89. The summed E-state index contributed by atoms with van der Waals surface area (Å²) in [4.78, 5) is 22.9. The Morgan fingerprint density at radius 3 is 2.73 bits per heavy atom. The maximum absolute atomic E-state index is 11.9. The smallest absolute Gasteiger partial charge is 0.303 e. The van der Waals surface area contributed by atoms with Crippen LogP contribution in [0.2, 0.25) is 0 Å². The molecule has 4 aliphatic rings. The number of aliphatic hydroxyl groups is 1. The highest BCUT2D eigenvalue weighted by Crippen LogP contribution is 2.65. The monoisotopic (exact) mass is 358 g/mol. The van der Waals surface area contributed by atoms with Crippen molar-refractivity contribution in [2.75, 3.05) is 0 Å². The minimum absolute atomic E-state index is 0.0213. The molecule has 4 aliphatic carbocycles. The molecule has 0 heterocycles. The van der Waals surface area contributed by atoms with Gasteiger partial charge in [-0.15, -0.1) is 0 Å². The minimum Gasteiger partial charge on any atom is -0.481 e. The molecule has 0 radical (unpaired) electrons. The third-order valence-electron chi connectivity index (χ3n) is 8.46. The average molecular weight is 358 g/mol. The quantitative estimate of drug-likeness (QED) is 0.751. The normalized spacial score (nSPS) is 47.0. The summed E-state index contributed by atoms with van der Waals surface area (Å²) in [6, 6.07) is 0. The molecule has 0 saturated heterocycles. The first kappa shape index (κ1) is 18.0. The van der Waals surface area contributed by atoms with Gasteiger partial charge < -0.3 is 10.2 Å². The van der Waals surface area contributed by atoms with E-state index in [-0.39, 0.29) is 23.0 Å². The summed E-state index contributed by atoms with van der Waals surface area (Å²) in [5.74, 6) is 0.765. The molecule has 0 amide bonds. The van der Waals surface area contributed by atoms with E-state index < -0.39 is 11.6 Å². The van der Waals surface area contributed by atoms with Crippen LogP contribution in [0.25, 0.3) is 0 Å². The lowest BCUT2D eigenvalue weighted by atomic mass is 9.49. The lowest BCUT2D eigenvalue weighted by Gasteiger charge is -2.56. The Morgan fingerprint density at radius 1 is 1.23 bits per heavy atom. The number of carboxylic acids is 1. The second-order valence-electron chi connectivity index (χ2n) is 9.49. The topological polar surface area (TPSA) is 74.6 Å². The number of hydrogen-bond donors (Lipinski definition) is 2. The molecule has 2 fully saturated rings. The van der Waals surface area contributed by atoms with E-state index in [0.717, 1.165) is 25.7 Å². The van der Waals surface area contributed by atoms with E-state index in [4.69, 9.17) is 5.11 Å². The molecule has 0 aromatic rings. The second-order valence-corrected chi connectivity index (χ2v) is 9.49. The highest BCUT2D eigenvalue weighted by Gasteiger charge is 2.61. The minimum atomic E-state index is -0.920. The molecule has 2 saturated carbocycles. The van der Waals surface area contributed by atoms with Gasteiger partial charge >= 0.3 is 5.97 Å². The fourth-order valence-corrected chi connectivity index (χ4v) is 6.75. The molecule has 6 atom stereocenters. The summed E-state index contributed by atoms with van der Waals surface area (Å²) in [5, 5.41) is 20.4. The van der Waals surface area contributed by atoms with E-state index in [1.165, 1.54) is 5.57 Å². The molecule has 0 aliphatic heterocycles. The molecule has 0 spiro atoms. The number of fused-ring (bicyclic) bond motifs is 5. The van der Waals surface area contributed by atoms with E-state index in [9.17, 15) is 14.7 Å². The van der Waals surface area contributed by atoms with Gasteiger partial charge in [0.1, 0.15) is 0 Å². The zero-order valence-electron chi connectivity index (χ0n) is 15.8. The molecule has 4 heteroatoms. The summed E-state index contributed by atoms with van der Waals surface area (Å²) in [7, 11) is 0. The highest BCUT2D eigenvalue weighted by molar-refractivity contribution is 5.91. The lowest BCUT2D eigenvalue weighted by Crippen LogP contribution is -2.52. The number of carbonyl (C=O) groups is 2. The molecule has 0 aromatic heterocycles. The number of ketones is 1. The summed E-state index contributed by atoms with van der Waals surface area (Å²) >= 11 is 0. The van der Waals surface area contributed by atoms with E-state index in [1.807, 2.05) is 6.08 Å². The molecule has 3 unspecified atom stereocenters. The lowest BCUT2D eigenvalue weighted by molar-refractivity contribution is -0.140. The van der Waals surface area contributed by atoms with Gasteiger partial charge in [-0.25, -0.2) is 0 Å². The first-order valence-electron chi connectivity index (χ1n) is 10.1. The van der Waals surface area contributed by atoms with Crippen molar-refractivity contribution in [1.29, 1.82) is 0 Å². The van der Waals surface area contributed by atoms with Crippen LogP contribution < -0.4 is 0 Å². The number of allylic oxidation sites excluding steroid dienone is 3. The number of carbonyl (C=O) groups excluding carboxylic acids is 1. The summed E-state index contributed by atoms with van der Waals surface area (Å²) in [6.07, 6.45) is 12.0. The van der Waals surface area contributed by atoms with Gasteiger partial charge in [-0.3, -0.25) is 9.59 Å². The average Bonchev–Trinajstić information content (AvgIpc) is 2.86. The van der Waals surface area contributed by atoms with Crippen LogP contribution in [0.1, 0.15) is 65.2 Å². The summed E-state index contributed by atoms with van der Waals surface area (Å²) in [6.45, 7) is 4.46. The Hall–Kier alpha value is -1.42. The number of hydrogen-bond acceptors (Lipinski definition) is 3. The van der Waals surface area contributed by atoms with Crippen LogP contribution in [0.4, 0.5) is 0 Å². The van der Waals surface area contributed by atoms with Crippen molar-refractivity contribution < 1.29 is 19.8 Å². The molecule has 142 valence electrons. The number of rotatable bonds is 3. The van der Waals surface area contributed by atoms with Gasteiger partial charge in [0, 0.05) is 18.3 Å². The molecule has 26 heavy (non-hydrogen) atoms. The van der Waals surface area contributed by atoms with E-state index in [0.29, 0.717) is 37.0 Å². The summed E-state index contributed by atoms with van der Waals surface area (Å²) < 4.78 is 0. The first-order valence-corrected chi connectivity index (χ1v) is 10.1. The van der Waals surface area contributed by atoms with Crippen LogP contribution in [0, 0.1) is 28.6 Å². The van der Waals surface area contributed by atoms with Crippen molar-refractivity contribution in [3.63, 3.8) is 0 Å². The molecule has 0 aromatic carbocycles. The van der Waals surface area contributed by atoms with Crippen LogP contribution in [-0.2, 0) is 9.59 Å². The van der Waals surface area contributed by atoms with Crippen LogP contribution >= 0.6 is 0 Å². The van der Waals surface area contributed by atoms with Crippen molar-refractivity contribution in [3.8, 4) is 0 Å². The zero-order valence-corrected chi connectivity index (χ0v) is 15.8. The van der Waals surface area contributed by atoms with Gasteiger partial charge in [-0.1, -0.05) is 31.6 Å². The van der Waals surface area contributed by atoms with E-state index in [2.05, 4.69) is 26.0 Å². The van der Waals surface area contributed by atoms with Gasteiger partial charge in [-0.2, -0.15) is 0 Å². The molecule has 4 rings (SSSR count). The van der Waals surface area contributed by atoms with Gasteiger partial charge in [0.05, 0.1) is 5.60 Å². The molecule has 0 bridgehead atoms. The zero-order chi connectivity index (χ0) is 18.7. The summed E-state index contributed by atoms with van der Waals surface area (Å²) in [5.41, 5.74) is 0.126. The Bertz CT molecular complexity index is 707. The van der Waals surface area contributed by atoms with Crippen LogP contribution in [0.3, 0.4) is 0 Å². The Kier molecular flexibility index (Phi) is 4.00. The van der Waals surface area contributed by atoms with Crippen molar-refractivity contribution in [3.05, 3.63) is 23.8 Å². The van der Waals surface area contributed by atoms with Crippen molar-refractivity contribution >= 4 is 11.8 Å². The Morgan fingerprint density at radius 2 is 2.00 bits per heavy atom. The first-order chi connectivity index (χ1) is 12.2. The fraction of sp³-hybridized carbons (Fsp3) is 0.727. The van der Waals surface area contributed by atoms with Gasteiger partial charge in [0.2, 0.25) is 0 Å². The molecular formula is C22H30O4. The predicted molar refractivity (Wildman–Crippen MR) is 98.4 cm³/mol. The third kappa shape index (κ3) is 2.37. The highest BCUT2D eigenvalue weighted by atomic mass is 16.4. The number of carboxylic acid groups (broad SMARTS) is 1. The number of aliphatic carboxylic acids is 1. The van der Waals surface area contributed by atoms with Crippen LogP contribution in [0.5, 0.6) is 0 Å². The van der Waals surface area contributed by atoms with Gasteiger partial charge in [-0.05, 0) is 67.8 Å². The Labute approximate surface area is 155 Å². The molecular weight excluding hydrogens is 328 g/mol. The van der Waals surface area contributed by atoms with E-state index >= 15 is 0 Å². The van der Waals surface area contributed by atoms with Gasteiger partial charge in [0.25, 0.3) is 0 Å². The standard InChI is InChI=1S/C22H30O4/c1-20-9-5-15(23)13-14(20)3-4-16-17(20)6-10-21(2)18(16)7-11-22(21,26)12-8-19(24)25/h6,10,13,16-18,26H,3-5,7-9,11-12H2,1-2H3,(H,24,25)/t16?,17?,18?,20-,21-,22+/m0/s1. The van der Waals surface area contributed by atoms with Crippen molar-refractivity contribution in [2.24, 2.45) is 28.6 Å². The van der Waals surface area contributed by atoms with Crippen LogP contribution in [0.15, 0.2) is 23.8 Å². The van der Waals surface area contributed by atoms with Gasteiger partial charge in [0.15, 0.2) is 5.78 Å². The van der Waals surface area contributed by atoms with Crippen LogP contribution in [-0.4, -0.2) is 27.6 Å². The third-order valence-corrected chi connectivity index (χ3v) is 8.46. The Balaban J connectivity index is 1.67. The van der Waals surface area contributed by atoms with E-state index in [1.54, 1.807) is 0 Å². The van der Waals surface area contributed by atoms with Crippen molar-refractivity contribution in [2.45, 2.75) is 70.8 Å². The molecule has 2 N–H and O–H groups in total. The maximum Gasteiger partial charge on any atom is 0.303 e. The largest absolute Gasteiger partial charge is 0.481 e. The second kappa shape index (κ2) is 5.79. The molecule has 4 nitrogen and oxygen atoms in total. The SMILES string of the molecule is C[C@]12CCC(=O)C=C1CCC1C2C=C[C@@]2(C)C1CC[C@@]2(O)CCC(=O)O. The maximum atomic E-state index is 11.9.